The average molecular weight is 535 g/mol. The number of aryl methyl sites for hydroxylation is 1. The van der Waals surface area contributed by atoms with Crippen LogP contribution in [0.3, 0.4) is 0 Å². The quantitative estimate of drug-likeness (QED) is 0.302. The highest BCUT2D eigenvalue weighted by Crippen LogP contribution is 2.23. The smallest absolute Gasteiger partial charge is 0.243 e. The van der Waals surface area contributed by atoms with Crippen LogP contribution in [-0.2, 0) is 28.3 Å². The molecule has 1 aliphatic rings. The molecule has 4 rings (SSSR count). The Bertz CT molecular complexity index is 1160. The van der Waals surface area contributed by atoms with E-state index in [9.17, 15) is 9.59 Å². The normalized spacial score (nSPS) is 14.3. The number of benzene rings is 3. The van der Waals surface area contributed by atoms with Crippen LogP contribution in [0, 0.1) is 6.92 Å². The predicted molar refractivity (Wildman–Crippen MR) is 154 cm³/mol. The van der Waals surface area contributed by atoms with E-state index in [0.29, 0.717) is 23.7 Å². The maximum Gasteiger partial charge on any atom is 0.243 e. The predicted octanol–water partition coefficient (Wildman–Crippen LogP) is 6.58. The van der Waals surface area contributed by atoms with Crippen LogP contribution >= 0.6 is 23.4 Å². The van der Waals surface area contributed by atoms with Crippen molar-refractivity contribution in [3.8, 4) is 0 Å². The summed E-state index contributed by atoms with van der Waals surface area (Å²) in [7, 11) is 0. The molecular formula is C31H35ClN2O2S. The Hall–Kier alpha value is -2.76. The number of amides is 2. The zero-order valence-electron chi connectivity index (χ0n) is 21.4. The summed E-state index contributed by atoms with van der Waals surface area (Å²) in [5, 5.41) is 3.97. The van der Waals surface area contributed by atoms with Gasteiger partial charge in [-0.15, -0.1) is 11.8 Å². The highest BCUT2D eigenvalue weighted by molar-refractivity contribution is 7.99. The fourth-order valence-corrected chi connectivity index (χ4v) is 5.95. The number of carbonyl (C=O) groups excluding carboxylic acids is 2. The van der Waals surface area contributed by atoms with E-state index >= 15 is 0 Å². The Morgan fingerprint density at radius 1 is 0.946 bits per heavy atom. The molecule has 194 valence electrons. The van der Waals surface area contributed by atoms with Crippen molar-refractivity contribution in [1.82, 2.24) is 10.2 Å². The molecule has 1 saturated carbocycles. The van der Waals surface area contributed by atoms with Gasteiger partial charge in [-0.05, 0) is 42.5 Å². The van der Waals surface area contributed by atoms with E-state index < -0.39 is 6.04 Å². The van der Waals surface area contributed by atoms with Crippen molar-refractivity contribution in [3.05, 3.63) is 106 Å². The van der Waals surface area contributed by atoms with Crippen LogP contribution in [-0.4, -0.2) is 34.6 Å². The van der Waals surface area contributed by atoms with Gasteiger partial charge in [-0.2, -0.15) is 0 Å². The number of halogens is 1. The minimum atomic E-state index is -0.585. The minimum absolute atomic E-state index is 0.0415. The van der Waals surface area contributed by atoms with Gasteiger partial charge < -0.3 is 10.2 Å². The summed E-state index contributed by atoms with van der Waals surface area (Å²) in [6.07, 6.45) is 4.76. The first-order valence-corrected chi connectivity index (χ1v) is 14.5. The number of hydrogen-bond donors (Lipinski definition) is 1. The Morgan fingerprint density at radius 3 is 2.32 bits per heavy atom. The molecule has 3 aromatic rings. The van der Waals surface area contributed by atoms with E-state index in [-0.39, 0.29) is 23.6 Å². The molecule has 0 radical (unpaired) electrons. The maximum absolute atomic E-state index is 13.8. The second-order valence-corrected chi connectivity index (χ2v) is 11.2. The first-order chi connectivity index (χ1) is 18.0. The second-order valence-electron chi connectivity index (χ2n) is 9.79. The topological polar surface area (TPSA) is 49.4 Å². The summed E-state index contributed by atoms with van der Waals surface area (Å²) in [5.41, 5.74) is 4.23. The van der Waals surface area contributed by atoms with E-state index in [1.165, 1.54) is 11.8 Å². The van der Waals surface area contributed by atoms with Crippen molar-refractivity contribution < 1.29 is 9.59 Å². The van der Waals surface area contributed by atoms with Gasteiger partial charge in [0.1, 0.15) is 6.04 Å². The number of thioether (sulfide) groups is 1. The number of rotatable bonds is 11. The van der Waals surface area contributed by atoms with Crippen LogP contribution in [0.25, 0.3) is 0 Å². The van der Waals surface area contributed by atoms with Gasteiger partial charge in [0.25, 0.3) is 0 Å². The molecule has 0 bridgehead atoms. The zero-order valence-corrected chi connectivity index (χ0v) is 22.9. The fourth-order valence-electron chi connectivity index (χ4n) is 4.76. The molecular weight excluding hydrogens is 500 g/mol. The Balaban J connectivity index is 1.56. The highest BCUT2D eigenvalue weighted by atomic mass is 35.5. The van der Waals surface area contributed by atoms with E-state index in [1.54, 1.807) is 4.90 Å². The molecule has 1 atom stereocenters. The lowest BCUT2D eigenvalue weighted by Crippen LogP contribution is -2.52. The van der Waals surface area contributed by atoms with Gasteiger partial charge >= 0.3 is 0 Å². The SMILES string of the molecule is Cc1ccc(CN(C(=O)CSCc2ccccc2Cl)C(Cc2ccccc2)C(=O)NC2CCCC2)cc1. The summed E-state index contributed by atoms with van der Waals surface area (Å²) < 4.78 is 0. The van der Waals surface area contributed by atoms with Gasteiger partial charge in [-0.25, -0.2) is 0 Å². The molecule has 6 heteroatoms. The third-order valence-corrected chi connectivity index (χ3v) is 8.22. The average Bonchev–Trinajstić information content (AvgIpc) is 3.42. The van der Waals surface area contributed by atoms with Gasteiger partial charge in [0.05, 0.1) is 5.75 Å². The molecule has 1 unspecified atom stereocenters. The number of nitrogens with zero attached hydrogens (tertiary/aromatic N) is 1. The third-order valence-electron chi connectivity index (χ3n) is 6.89. The van der Waals surface area contributed by atoms with Gasteiger partial charge in [0.2, 0.25) is 11.8 Å². The lowest BCUT2D eigenvalue weighted by Gasteiger charge is -2.32. The number of nitrogens with one attached hydrogen (secondary N) is 1. The van der Waals surface area contributed by atoms with E-state index in [0.717, 1.165) is 47.9 Å². The fraction of sp³-hybridized carbons (Fsp3) is 0.355. The number of carbonyl (C=O) groups is 2. The molecule has 1 fully saturated rings. The Kier molecular flexibility index (Phi) is 10.1. The highest BCUT2D eigenvalue weighted by Gasteiger charge is 2.32. The summed E-state index contributed by atoms with van der Waals surface area (Å²) in [6.45, 7) is 2.44. The Labute approximate surface area is 229 Å². The lowest BCUT2D eigenvalue weighted by atomic mass is 10.0. The molecule has 0 heterocycles. The van der Waals surface area contributed by atoms with Crippen molar-refractivity contribution in [2.75, 3.05) is 5.75 Å². The maximum atomic E-state index is 13.8. The minimum Gasteiger partial charge on any atom is -0.352 e. The third kappa shape index (κ3) is 8.11. The lowest BCUT2D eigenvalue weighted by molar-refractivity contribution is -0.139. The first-order valence-electron chi connectivity index (χ1n) is 13.0. The van der Waals surface area contributed by atoms with Crippen LogP contribution < -0.4 is 5.32 Å². The second kappa shape index (κ2) is 13.7. The summed E-state index contributed by atoms with van der Waals surface area (Å²) >= 11 is 7.85. The van der Waals surface area contributed by atoms with Crippen LogP contribution in [0.2, 0.25) is 5.02 Å². The van der Waals surface area contributed by atoms with Crippen LogP contribution in [0.5, 0.6) is 0 Å². The van der Waals surface area contributed by atoms with Crippen molar-refractivity contribution in [2.24, 2.45) is 0 Å². The molecule has 0 spiro atoms. The molecule has 37 heavy (non-hydrogen) atoms. The van der Waals surface area contributed by atoms with Crippen LogP contribution in [0.4, 0.5) is 0 Å². The molecule has 0 aliphatic heterocycles. The molecule has 3 aromatic carbocycles. The standard InChI is InChI=1S/C31H35ClN2O2S/c1-23-15-17-25(18-16-23)20-34(30(35)22-37-21-26-11-5-8-14-28(26)32)29(19-24-9-3-2-4-10-24)31(36)33-27-12-6-7-13-27/h2-5,8-11,14-18,27,29H,6-7,12-13,19-22H2,1H3,(H,33,36). The van der Waals surface area contributed by atoms with Gasteiger partial charge in [0.15, 0.2) is 0 Å². The van der Waals surface area contributed by atoms with Gasteiger partial charge in [0, 0.05) is 29.8 Å². The van der Waals surface area contributed by atoms with Crippen molar-refractivity contribution in [2.45, 2.75) is 63.4 Å². The first kappa shape index (κ1) is 27.3. The van der Waals surface area contributed by atoms with Crippen molar-refractivity contribution in [1.29, 1.82) is 0 Å². The van der Waals surface area contributed by atoms with E-state index in [1.807, 2.05) is 73.7 Å². The molecule has 0 aromatic heterocycles. The van der Waals surface area contributed by atoms with Crippen molar-refractivity contribution in [3.63, 3.8) is 0 Å². The zero-order chi connectivity index (χ0) is 26.0. The van der Waals surface area contributed by atoms with Gasteiger partial charge in [-0.3, -0.25) is 9.59 Å². The monoisotopic (exact) mass is 534 g/mol. The molecule has 0 saturated heterocycles. The van der Waals surface area contributed by atoms with Crippen LogP contribution in [0.15, 0.2) is 78.9 Å². The largest absolute Gasteiger partial charge is 0.352 e. The Morgan fingerprint density at radius 2 is 1.62 bits per heavy atom. The molecule has 1 aliphatic carbocycles. The molecule has 4 nitrogen and oxygen atoms in total. The number of hydrogen-bond acceptors (Lipinski definition) is 3. The van der Waals surface area contributed by atoms with E-state index in [4.69, 9.17) is 11.6 Å². The summed E-state index contributed by atoms with van der Waals surface area (Å²) in [5.74, 6) is 0.813. The summed E-state index contributed by atoms with van der Waals surface area (Å²) in [4.78, 5) is 29.2. The van der Waals surface area contributed by atoms with Gasteiger partial charge in [-0.1, -0.05) is 103 Å². The molecule has 1 N–H and O–H groups in total. The van der Waals surface area contributed by atoms with E-state index in [2.05, 4.69) is 17.4 Å². The van der Waals surface area contributed by atoms with Crippen LogP contribution in [0.1, 0.15) is 47.9 Å². The van der Waals surface area contributed by atoms with Crippen molar-refractivity contribution >= 4 is 35.2 Å². The molecule has 2 amide bonds. The summed E-state index contributed by atoms with van der Waals surface area (Å²) in [6, 6.07) is 25.5.